The van der Waals surface area contributed by atoms with Gasteiger partial charge in [-0.3, -0.25) is 4.21 Å². The topological polar surface area (TPSA) is 37.3 Å². The van der Waals surface area contributed by atoms with Crippen LogP contribution in [-0.4, -0.2) is 21.2 Å². The number of hydrogen-bond donors (Lipinski definition) is 1. The minimum absolute atomic E-state index is 0.0299. The predicted molar refractivity (Wildman–Crippen MR) is 77.2 cm³/mol. The van der Waals surface area contributed by atoms with E-state index in [0.717, 1.165) is 19.3 Å². The quantitative estimate of drug-likeness (QED) is 0.930. The first kappa shape index (κ1) is 14.2. The van der Waals surface area contributed by atoms with Crippen molar-refractivity contribution in [3.05, 3.63) is 30.1 Å². The second kappa shape index (κ2) is 4.63. The Bertz CT molecular complexity index is 540. The molecule has 20 heavy (non-hydrogen) atoms. The summed E-state index contributed by atoms with van der Waals surface area (Å²) >= 11 is 0. The molecule has 2 aliphatic carbocycles. The Labute approximate surface area is 121 Å². The molecule has 2 aliphatic rings. The first-order valence-corrected chi connectivity index (χ1v) is 8.51. The van der Waals surface area contributed by atoms with Crippen molar-refractivity contribution >= 4 is 10.8 Å². The van der Waals surface area contributed by atoms with E-state index in [-0.39, 0.29) is 22.8 Å². The lowest BCUT2D eigenvalue weighted by molar-refractivity contribution is 0.0160. The lowest BCUT2D eigenvalue weighted by Crippen LogP contribution is -2.43. The number of aliphatic hydroxyl groups excluding tert-OH is 1. The highest BCUT2D eigenvalue weighted by Gasteiger charge is 2.64. The average Bonchev–Trinajstić information content (AvgIpc) is 2.73. The van der Waals surface area contributed by atoms with E-state index in [0.29, 0.717) is 16.6 Å². The lowest BCUT2D eigenvalue weighted by atomic mass is 9.70. The van der Waals surface area contributed by atoms with Gasteiger partial charge in [0.1, 0.15) is 5.82 Å². The summed E-state index contributed by atoms with van der Waals surface area (Å²) in [6.45, 7) is 4.39. The van der Waals surface area contributed by atoms with Crippen LogP contribution in [0.1, 0.15) is 33.1 Å². The zero-order valence-corrected chi connectivity index (χ0v) is 12.8. The zero-order valence-electron chi connectivity index (χ0n) is 11.9. The number of fused-ring (bicyclic) bond motifs is 2. The number of halogens is 1. The van der Waals surface area contributed by atoms with Crippen LogP contribution < -0.4 is 0 Å². The van der Waals surface area contributed by atoms with Crippen molar-refractivity contribution in [1.82, 2.24) is 0 Å². The van der Waals surface area contributed by atoms with Crippen LogP contribution in [0.15, 0.2) is 29.2 Å². The maximum atomic E-state index is 12.9. The molecule has 1 unspecified atom stereocenters. The fourth-order valence-corrected chi connectivity index (χ4v) is 6.07. The van der Waals surface area contributed by atoms with Gasteiger partial charge in [0.15, 0.2) is 0 Å². The molecule has 1 aromatic carbocycles. The molecule has 110 valence electrons. The van der Waals surface area contributed by atoms with Gasteiger partial charge < -0.3 is 5.11 Å². The van der Waals surface area contributed by atoms with E-state index >= 15 is 0 Å². The van der Waals surface area contributed by atoms with E-state index in [1.807, 2.05) is 0 Å². The van der Waals surface area contributed by atoms with Crippen molar-refractivity contribution in [1.29, 1.82) is 0 Å². The molecule has 3 rings (SSSR count). The highest BCUT2D eigenvalue weighted by atomic mass is 32.2. The van der Waals surface area contributed by atoms with Crippen LogP contribution in [-0.2, 0) is 10.8 Å². The van der Waals surface area contributed by atoms with Crippen LogP contribution in [0.25, 0.3) is 0 Å². The molecule has 0 amide bonds. The maximum Gasteiger partial charge on any atom is 0.123 e. The highest BCUT2D eigenvalue weighted by molar-refractivity contribution is 7.85. The van der Waals surface area contributed by atoms with E-state index < -0.39 is 10.8 Å². The van der Waals surface area contributed by atoms with Crippen LogP contribution in [0.4, 0.5) is 4.39 Å². The lowest BCUT2D eigenvalue weighted by Gasteiger charge is -2.40. The van der Waals surface area contributed by atoms with Crippen LogP contribution in [0, 0.1) is 22.6 Å². The van der Waals surface area contributed by atoms with E-state index in [9.17, 15) is 13.7 Å². The molecule has 0 aliphatic heterocycles. The second-order valence-electron chi connectivity index (χ2n) is 6.81. The van der Waals surface area contributed by atoms with Gasteiger partial charge in [-0.1, -0.05) is 13.8 Å². The molecule has 4 heteroatoms. The molecule has 0 radical (unpaired) electrons. The third-order valence-electron chi connectivity index (χ3n) is 5.85. The van der Waals surface area contributed by atoms with Crippen LogP contribution in [0.3, 0.4) is 0 Å². The average molecular weight is 296 g/mol. The fraction of sp³-hybridized carbons (Fsp3) is 0.625. The van der Waals surface area contributed by atoms with Crippen molar-refractivity contribution in [3.8, 4) is 0 Å². The monoisotopic (exact) mass is 296 g/mol. The standard InChI is InChI=1S/C16H21FO2S/c1-15(2)11-7-8-16(15,14(18)9-11)10-20(19)13-5-3-12(17)4-6-13/h3-6,11,14,18H,7-10H2,1-2H3/t11-,14-,16-,20?/m1/s1. The van der Waals surface area contributed by atoms with Crippen LogP contribution in [0.5, 0.6) is 0 Å². The Hall–Kier alpha value is -0.740. The van der Waals surface area contributed by atoms with E-state index in [2.05, 4.69) is 13.8 Å². The summed E-state index contributed by atoms with van der Waals surface area (Å²) in [5, 5.41) is 10.5. The molecule has 2 saturated carbocycles. The molecule has 4 atom stereocenters. The highest BCUT2D eigenvalue weighted by Crippen LogP contribution is 2.66. The van der Waals surface area contributed by atoms with Gasteiger partial charge in [0.2, 0.25) is 0 Å². The third kappa shape index (κ3) is 1.88. The largest absolute Gasteiger partial charge is 0.392 e. The number of aliphatic hydroxyl groups is 1. The first-order valence-electron chi connectivity index (χ1n) is 7.19. The van der Waals surface area contributed by atoms with Gasteiger partial charge >= 0.3 is 0 Å². The van der Waals surface area contributed by atoms with Crippen molar-refractivity contribution in [2.24, 2.45) is 16.7 Å². The molecular formula is C16H21FO2S. The number of hydrogen-bond acceptors (Lipinski definition) is 2. The van der Waals surface area contributed by atoms with E-state index in [1.165, 1.54) is 12.1 Å². The van der Waals surface area contributed by atoms with Gasteiger partial charge in [-0.25, -0.2) is 4.39 Å². The first-order chi connectivity index (χ1) is 9.37. The summed E-state index contributed by atoms with van der Waals surface area (Å²) in [7, 11) is -1.19. The molecule has 0 saturated heterocycles. The maximum absolute atomic E-state index is 12.9. The van der Waals surface area contributed by atoms with Crippen molar-refractivity contribution in [2.75, 3.05) is 5.75 Å². The summed E-state index contributed by atoms with van der Waals surface area (Å²) in [4.78, 5) is 0.652. The van der Waals surface area contributed by atoms with E-state index in [1.54, 1.807) is 12.1 Å². The molecule has 2 bridgehead atoms. The second-order valence-corrected chi connectivity index (χ2v) is 8.26. The Kier molecular flexibility index (Phi) is 3.29. The van der Waals surface area contributed by atoms with Crippen LogP contribution >= 0.6 is 0 Å². The van der Waals surface area contributed by atoms with Gasteiger partial charge in [-0.15, -0.1) is 0 Å². The fourth-order valence-electron chi connectivity index (χ4n) is 4.28. The van der Waals surface area contributed by atoms with Crippen molar-refractivity contribution in [2.45, 2.75) is 44.1 Å². The van der Waals surface area contributed by atoms with Gasteiger partial charge in [0, 0.05) is 16.1 Å². The SMILES string of the molecule is CC1(C)[C@@H]2CC[C@@]1(CS(=O)c1ccc(F)cc1)[C@H](O)C2. The molecule has 2 fully saturated rings. The van der Waals surface area contributed by atoms with Gasteiger partial charge in [-0.2, -0.15) is 0 Å². The smallest absolute Gasteiger partial charge is 0.123 e. The summed E-state index contributed by atoms with van der Waals surface area (Å²) < 4.78 is 25.6. The van der Waals surface area contributed by atoms with Gasteiger partial charge in [0.25, 0.3) is 0 Å². The zero-order chi connectivity index (χ0) is 14.5. The summed E-state index contributed by atoms with van der Waals surface area (Å²) in [5.41, 5.74) is -0.223. The van der Waals surface area contributed by atoms with Crippen molar-refractivity contribution in [3.63, 3.8) is 0 Å². The Morgan fingerprint density at radius 3 is 2.50 bits per heavy atom. The predicted octanol–water partition coefficient (Wildman–Crippen LogP) is 3.12. The summed E-state index contributed by atoms with van der Waals surface area (Å²) in [6, 6.07) is 5.86. The summed E-state index contributed by atoms with van der Waals surface area (Å²) in [5.74, 6) is 0.692. The number of rotatable bonds is 3. The molecule has 2 nitrogen and oxygen atoms in total. The Morgan fingerprint density at radius 2 is 2.00 bits per heavy atom. The van der Waals surface area contributed by atoms with E-state index in [4.69, 9.17) is 0 Å². The Morgan fingerprint density at radius 1 is 1.35 bits per heavy atom. The molecule has 0 spiro atoms. The van der Waals surface area contributed by atoms with Gasteiger partial charge in [0.05, 0.1) is 16.9 Å². The minimum Gasteiger partial charge on any atom is -0.392 e. The molecule has 0 aromatic heterocycles. The number of benzene rings is 1. The third-order valence-corrected chi connectivity index (χ3v) is 7.43. The summed E-state index contributed by atoms with van der Waals surface area (Å²) in [6.07, 6.45) is 2.53. The van der Waals surface area contributed by atoms with Crippen LogP contribution in [0.2, 0.25) is 0 Å². The minimum atomic E-state index is -1.19. The normalized spacial score (nSPS) is 36.2. The van der Waals surface area contributed by atoms with Crippen molar-refractivity contribution < 1.29 is 13.7 Å². The Balaban J connectivity index is 1.86. The molecule has 0 heterocycles. The molecular weight excluding hydrogens is 275 g/mol. The van der Waals surface area contributed by atoms with Gasteiger partial charge in [-0.05, 0) is 54.9 Å². The molecule has 1 aromatic rings. The molecule has 1 N–H and O–H groups in total.